The summed E-state index contributed by atoms with van der Waals surface area (Å²) < 4.78 is 13.1. The quantitative estimate of drug-likeness (QED) is 0.751. The smallest absolute Gasteiger partial charge is 0.198 e. The number of hydrogen-bond acceptors (Lipinski definition) is 2. The number of benzene rings is 1. The van der Waals surface area contributed by atoms with Gasteiger partial charge in [0.2, 0.25) is 0 Å². The van der Waals surface area contributed by atoms with E-state index >= 15 is 0 Å². The van der Waals surface area contributed by atoms with E-state index in [2.05, 4.69) is 9.98 Å². The highest BCUT2D eigenvalue weighted by atomic mass is 19.1. The van der Waals surface area contributed by atoms with Crippen molar-refractivity contribution in [1.29, 1.82) is 0 Å². The van der Waals surface area contributed by atoms with E-state index in [0.29, 0.717) is 16.5 Å². The number of hydrogen-bond donors (Lipinski definition) is 2. The first-order valence-corrected chi connectivity index (χ1v) is 5.11. The SMILES string of the molecule is CC(C)N=Cc1c(O)[nH]c2ccc(F)cc12. The van der Waals surface area contributed by atoms with E-state index in [1.54, 1.807) is 12.3 Å². The summed E-state index contributed by atoms with van der Waals surface area (Å²) in [7, 11) is 0. The van der Waals surface area contributed by atoms with Crippen molar-refractivity contribution in [3.05, 3.63) is 29.6 Å². The number of nitrogens with zero attached hydrogens (tertiary/aromatic N) is 1. The Morgan fingerprint density at radius 1 is 1.44 bits per heavy atom. The second kappa shape index (κ2) is 3.96. The maximum Gasteiger partial charge on any atom is 0.198 e. The van der Waals surface area contributed by atoms with Gasteiger partial charge in [-0.25, -0.2) is 4.39 Å². The number of aliphatic imine (C=N–C) groups is 1. The standard InChI is InChI=1S/C12H13FN2O/c1-7(2)14-6-10-9-5-8(13)3-4-11(9)15-12(10)16/h3-7,15-16H,1-2H3. The molecule has 0 spiro atoms. The van der Waals surface area contributed by atoms with Crippen LogP contribution in [0.25, 0.3) is 10.9 Å². The van der Waals surface area contributed by atoms with Crippen LogP contribution in [0.4, 0.5) is 4.39 Å². The minimum Gasteiger partial charge on any atom is -0.494 e. The molecular weight excluding hydrogens is 207 g/mol. The summed E-state index contributed by atoms with van der Waals surface area (Å²) in [6.45, 7) is 3.87. The van der Waals surface area contributed by atoms with Crippen LogP contribution in [0.5, 0.6) is 5.88 Å². The van der Waals surface area contributed by atoms with Crippen LogP contribution >= 0.6 is 0 Å². The largest absolute Gasteiger partial charge is 0.494 e. The monoisotopic (exact) mass is 220 g/mol. The Balaban J connectivity index is 2.58. The summed E-state index contributed by atoms with van der Waals surface area (Å²) >= 11 is 0. The van der Waals surface area contributed by atoms with E-state index in [1.165, 1.54) is 12.1 Å². The molecule has 1 heterocycles. The van der Waals surface area contributed by atoms with E-state index in [0.717, 1.165) is 0 Å². The molecule has 0 aliphatic rings. The van der Waals surface area contributed by atoms with E-state index in [9.17, 15) is 9.50 Å². The fourth-order valence-electron chi connectivity index (χ4n) is 1.53. The summed E-state index contributed by atoms with van der Waals surface area (Å²) in [4.78, 5) is 6.96. The van der Waals surface area contributed by atoms with Crippen LogP contribution in [0.2, 0.25) is 0 Å². The number of fused-ring (bicyclic) bond motifs is 1. The molecule has 0 fully saturated rings. The number of aromatic hydroxyl groups is 1. The Bertz CT molecular complexity index is 543. The van der Waals surface area contributed by atoms with Crippen LogP contribution in [0.1, 0.15) is 19.4 Å². The van der Waals surface area contributed by atoms with Gasteiger partial charge in [-0.1, -0.05) is 0 Å². The molecule has 0 saturated carbocycles. The lowest BCUT2D eigenvalue weighted by molar-refractivity contribution is 0.457. The van der Waals surface area contributed by atoms with Gasteiger partial charge in [-0.05, 0) is 32.0 Å². The number of nitrogens with one attached hydrogen (secondary N) is 1. The minimum absolute atomic E-state index is 0.0185. The van der Waals surface area contributed by atoms with E-state index in [1.807, 2.05) is 13.8 Å². The third kappa shape index (κ3) is 1.91. The molecule has 84 valence electrons. The molecule has 0 saturated heterocycles. The normalized spacial score (nSPS) is 12.0. The molecule has 0 amide bonds. The maximum absolute atomic E-state index is 13.1. The number of aromatic nitrogens is 1. The van der Waals surface area contributed by atoms with Crippen molar-refractivity contribution in [2.24, 2.45) is 4.99 Å². The van der Waals surface area contributed by atoms with Crippen molar-refractivity contribution in [3.63, 3.8) is 0 Å². The third-order valence-electron chi connectivity index (χ3n) is 2.28. The van der Waals surface area contributed by atoms with Crippen LogP contribution < -0.4 is 0 Å². The van der Waals surface area contributed by atoms with Gasteiger partial charge in [-0.15, -0.1) is 0 Å². The fourth-order valence-corrected chi connectivity index (χ4v) is 1.53. The number of halogens is 1. The molecule has 0 aliphatic heterocycles. The van der Waals surface area contributed by atoms with Gasteiger partial charge in [0.1, 0.15) is 5.82 Å². The third-order valence-corrected chi connectivity index (χ3v) is 2.28. The zero-order chi connectivity index (χ0) is 11.7. The predicted octanol–water partition coefficient (Wildman–Crippen LogP) is 2.84. The lowest BCUT2D eigenvalue weighted by Crippen LogP contribution is -1.90. The molecule has 1 aromatic heterocycles. The molecule has 2 rings (SSSR count). The number of aromatic amines is 1. The first kappa shape index (κ1) is 10.7. The van der Waals surface area contributed by atoms with Crippen LogP contribution in [0.15, 0.2) is 23.2 Å². The highest BCUT2D eigenvalue weighted by Crippen LogP contribution is 2.26. The van der Waals surface area contributed by atoms with Crippen molar-refractivity contribution in [1.82, 2.24) is 4.98 Å². The van der Waals surface area contributed by atoms with Crippen molar-refractivity contribution in [2.45, 2.75) is 19.9 Å². The molecule has 2 aromatic rings. The van der Waals surface area contributed by atoms with Gasteiger partial charge in [-0.3, -0.25) is 4.99 Å². The van der Waals surface area contributed by atoms with Crippen molar-refractivity contribution in [3.8, 4) is 5.88 Å². The highest BCUT2D eigenvalue weighted by molar-refractivity contribution is 6.01. The van der Waals surface area contributed by atoms with Crippen LogP contribution in [0.3, 0.4) is 0 Å². The van der Waals surface area contributed by atoms with Gasteiger partial charge >= 0.3 is 0 Å². The van der Waals surface area contributed by atoms with Crippen molar-refractivity contribution in [2.75, 3.05) is 0 Å². The molecule has 4 heteroatoms. The first-order valence-electron chi connectivity index (χ1n) is 5.11. The number of rotatable bonds is 2. The molecular formula is C12H13FN2O. The summed E-state index contributed by atoms with van der Waals surface area (Å²) in [6, 6.07) is 4.46. The Kier molecular flexibility index (Phi) is 2.64. The van der Waals surface area contributed by atoms with Gasteiger partial charge in [0.25, 0.3) is 0 Å². The molecule has 3 nitrogen and oxygen atoms in total. The lowest BCUT2D eigenvalue weighted by Gasteiger charge is -1.95. The Morgan fingerprint density at radius 2 is 2.19 bits per heavy atom. The van der Waals surface area contributed by atoms with Gasteiger partial charge < -0.3 is 10.1 Å². The first-order chi connectivity index (χ1) is 7.58. The predicted molar refractivity (Wildman–Crippen MR) is 62.7 cm³/mol. The molecule has 1 aromatic carbocycles. The molecule has 0 aliphatic carbocycles. The van der Waals surface area contributed by atoms with E-state index in [4.69, 9.17) is 0 Å². The second-order valence-electron chi connectivity index (χ2n) is 3.95. The van der Waals surface area contributed by atoms with Crippen LogP contribution in [-0.4, -0.2) is 22.3 Å². The molecule has 0 unspecified atom stereocenters. The summed E-state index contributed by atoms with van der Waals surface area (Å²) in [6.07, 6.45) is 1.57. The van der Waals surface area contributed by atoms with Crippen molar-refractivity contribution >= 4 is 17.1 Å². The van der Waals surface area contributed by atoms with Gasteiger partial charge in [-0.2, -0.15) is 0 Å². The topological polar surface area (TPSA) is 48.4 Å². The summed E-state index contributed by atoms with van der Waals surface area (Å²) in [5.74, 6) is -0.310. The summed E-state index contributed by atoms with van der Waals surface area (Å²) in [5.41, 5.74) is 1.23. The lowest BCUT2D eigenvalue weighted by atomic mass is 10.2. The fraction of sp³-hybridized carbons (Fsp3) is 0.250. The van der Waals surface area contributed by atoms with Gasteiger partial charge in [0.15, 0.2) is 5.88 Å². The van der Waals surface area contributed by atoms with Gasteiger partial charge in [0.05, 0.1) is 5.56 Å². The highest BCUT2D eigenvalue weighted by Gasteiger charge is 2.09. The van der Waals surface area contributed by atoms with Gasteiger partial charge in [0, 0.05) is 23.2 Å². The number of H-pyrrole nitrogens is 1. The average Bonchev–Trinajstić information content (AvgIpc) is 2.51. The van der Waals surface area contributed by atoms with Crippen molar-refractivity contribution < 1.29 is 9.50 Å². The molecule has 0 bridgehead atoms. The van der Waals surface area contributed by atoms with Crippen LogP contribution in [-0.2, 0) is 0 Å². The second-order valence-corrected chi connectivity index (χ2v) is 3.95. The van der Waals surface area contributed by atoms with Crippen LogP contribution in [0, 0.1) is 5.82 Å². The summed E-state index contributed by atoms with van der Waals surface area (Å²) in [5, 5.41) is 10.3. The zero-order valence-electron chi connectivity index (χ0n) is 9.16. The maximum atomic E-state index is 13.1. The Labute approximate surface area is 92.6 Å². The molecule has 16 heavy (non-hydrogen) atoms. The Hall–Kier alpha value is -1.84. The van der Waals surface area contributed by atoms with E-state index < -0.39 is 0 Å². The molecule has 0 radical (unpaired) electrons. The average molecular weight is 220 g/mol. The molecule has 0 atom stereocenters. The van der Waals surface area contributed by atoms with E-state index in [-0.39, 0.29) is 17.7 Å². The zero-order valence-corrected chi connectivity index (χ0v) is 9.16. The molecule has 2 N–H and O–H groups in total. The Morgan fingerprint density at radius 3 is 2.88 bits per heavy atom. The minimum atomic E-state index is -0.328.